The number of alkyl halides is 3. The molecular formula is C16H19F3N2O2. The number of aromatic hydroxyl groups is 1. The van der Waals surface area contributed by atoms with Crippen molar-refractivity contribution in [3.05, 3.63) is 29.3 Å². The van der Waals surface area contributed by atoms with E-state index in [0.29, 0.717) is 24.7 Å². The summed E-state index contributed by atoms with van der Waals surface area (Å²) in [5.41, 5.74) is 4.56. The molecule has 0 spiro atoms. The van der Waals surface area contributed by atoms with Gasteiger partial charge in [0.1, 0.15) is 5.75 Å². The lowest BCUT2D eigenvalue weighted by Gasteiger charge is -2.25. The highest BCUT2D eigenvalue weighted by molar-refractivity contribution is 5.82. The minimum atomic E-state index is -4.50. The minimum absolute atomic E-state index is 0.180. The third kappa shape index (κ3) is 2.89. The van der Waals surface area contributed by atoms with E-state index >= 15 is 0 Å². The summed E-state index contributed by atoms with van der Waals surface area (Å²) in [5, 5.41) is 9.54. The minimum Gasteiger partial charge on any atom is -0.508 e. The highest BCUT2D eigenvalue weighted by atomic mass is 19.4. The Morgan fingerprint density at radius 3 is 2.74 bits per heavy atom. The van der Waals surface area contributed by atoms with Crippen LogP contribution in [0.1, 0.15) is 30.4 Å². The van der Waals surface area contributed by atoms with Gasteiger partial charge in [0.05, 0.1) is 11.0 Å². The Balaban J connectivity index is 1.79. The van der Waals surface area contributed by atoms with E-state index in [9.17, 15) is 23.1 Å². The van der Waals surface area contributed by atoms with Gasteiger partial charge in [-0.1, -0.05) is 6.42 Å². The van der Waals surface area contributed by atoms with Crippen molar-refractivity contribution in [1.82, 2.24) is 4.90 Å². The molecule has 2 aliphatic rings. The number of nitrogens with zero attached hydrogens (tertiary/aromatic N) is 1. The van der Waals surface area contributed by atoms with E-state index in [1.54, 1.807) is 0 Å². The van der Waals surface area contributed by atoms with Crippen molar-refractivity contribution in [2.45, 2.75) is 32.0 Å². The molecule has 3 N–H and O–H groups in total. The molecule has 7 heteroatoms. The summed E-state index contributed by atoms with van der Waals surface area (Å²) < 4.78 is 38.5. The Morgan fingerprint density at radius 2 is 2.13 bits per heavy atom. The van der Waals surface area contributed by atoms with Crippen LogP contribution in [-0.2, 0) is 17.5 Å². The number of phenolic OH excluding ortho intramolecular Hbond substituents is 1. The summed E-state index contributed by atoms with van der Waals surface area (Å²) in [7, 11) is 0. The van der Waals surface area contributed by atoms with Crippen molar-refractivity contribution in [2.75, 3.05) is 13.1 Å². The number of carbonyl (C=O) groups excluding carboxylic acids is 1. The third-order valence-electron chi connectivity index (χ3n) is 5.14. The lowest BCUT2D eigenvalue weighted by Crippen LogP contribution is -2.40. The SMILES string of the molecule is NC(=O)[C@]12CCC[C@H]1CN(Cc1cc(O)cc(C(F)(F)F)c1)C2. The van der Waals surface area contributed by atoms with E-state index < -0.39 is 22.9 Å². The summed E-state index contributed by atoms with van der Waals surface area (Å²) in [5.74, 6) is -0.535. The molecule has 1 saturated heterocycles. The quantitative estimate of drug-likeness (QED) is 0.896. The van der Waals surface area contributed by atoms with Crippen LogP contribution >= 0.6 is 0 Å². The number of rotatable bonds is 3. The largest absolute Gasteiger partial charge is 0.508 e. The molecule has 0 radical (unpaired) electrons. The molecule has 2 atom stereocenters. The Morgan fingerprint density at radius 1 is 1.39 bits per heavy atom. The maximum absolute atomic E-state index is 12.8. The number of nitrogens with two attached hydrogens (primary N) is 1. The first-order chi connectivity index (χ1) is 10.7. The molecule has 0 bridgehead atoms. The van der Waals surface area contributed by atoms with Gasteiger partial charge >= 0.3 is 6.18 Å². The summed E-state index contributed by atoms with van der Waals surface area (Å²) in [6, 6.07) is 3.10. The van der Waals surface area contributed by atoms with Crippen molar-refractivity contribution in [2.24, 2.45) is 17.1 Å². The molecule has 1 aromatic rings. The second-order valence-electron chi connectivity index (χ2n) is 6.67. The first-order valence-electron chi connectivity index (χ1n) is 7.63. The van der Waals surface area contributed by atoms with Crippen LogP contribution in [0.3, 0.4) is 0 Å². The number of carbonyl (C=O) groups is 1. The van der Waals surface area contributed by atoms with Crippen LogP contribution in [0.15, 0.2) is 18.2 Å². The zero-order valence-electron chi connectivity index (χ0n) is 12.6. The number of fused-ring (bicyclic) bond motifs is 1. The molecule has 2 fully saturated rings. The van der Waals surface area contributed by atoms with Gasteiger partial charge in [-0.3, -0.25) is 9.69 Å². The van der Waals surface area contributed by atoms with Crippen LogP contribution in [0, 0.1) is 11.3 Å². The molecule has 4 nitrogen and oxygen atoms in total. The fourth-order valence-electron chi connectivity index (χ4n) is 4.10. The van der Waals surface area contributed by atoms with Crippen molar-refractivity contribution in [1.29, 1.82) is 0 Å². The number of amides is 1. The van der Waals surface area contributed by atoms with Gasteiger partial charge < -0.3 is 10.8 Å². The first kappa shape index (κ1) is 16.1. The average molecular weight is 328 g/mol. The zero-order valence-corrected chi connectivity index (χ0v) is 12.6. The highest BCUT2D eigenvalue weighted by Gasteiger charge is 2.53. The van der Waals surface area contributed by atoms with Gasteiger partial charge in [0.2, 0.25) is 5.91 Å². The monoisotopic (exact) mass is 328 g/mol. The number of benzene rings is 1. The predicted molar refractivity (Wildman–Crippen MR) is 77.4 cm³/mol. The van der Waals surface area contributed by atoms with Gasteiger partial charge in [-0.15, -0.1) is 0 Å². The van der Waals surface area contributed by atoms with Crippen LogP contribution in [0.2, 0.25) is 0 Å². The molecule has 1 aliphatic heterocycles. The standard InChI is InChI=1S/C16H19F3N2O2/c17-16(18,19)12-4-10(5-13(22)6-12)7-21-8-11-2-1-3-15(11,9-21)14(20)23/h4-6,11,22H,1-3,7-9H2,(H2,20,23)/t11-,15-/m0/s1. The number of hydrogen-bond acceptors (Lipinski definition) is 3. The number of likely N-dealkylation sites (tertiary alicyclic amines) is 1. The van der Waals surface area contributed by atoms with Crippen molar-refractivity contribution in [3.8, 4) is 5.75 Å². The molecule has 1 heterocycles. The van der Waals surface area contributed by atoms with Crippen molar-refractivity contribution in [3.63, 3.8) is 0 Å². The molecule has 3 rings (SSSR count). The molecule has 0 unspecified atom stereocenters. The van der Waals surface area contributed by atoms with Crippen LogP contribution in [0.4, 0.5) is 13.2 Å². The van der Waals surface area contributed by atoms with Crippen LogP contribution in [0.25, 0.3) is 0 Å². The van der Waals surface area contributed by atoms with E-state index in [2.05, 4.69) is 0 Å². The van der Waals surface area contributed by atoms with E-state index in [1.807, 2.05) is 4.90 Å². The van der Waals surface area contributed by atoms with Gasteiger partial charge in [-0.2, -0.15) is 13.2 Å². The van der Waals surface area contributed by atoms with Crippen LogP contribution < -0.4 is 5.73 Å². The topological polar surface area (TPSA) is 66.6 Å². The van der Waals surface area contributed by atoms with Crippen molar-refractivity contribution >= 4 is 5.91 Å². The van der Waals surface area contributed by atoms with Crippen LogP contribution in [-0.4, -0.2) is 29.0 Å². The number of halogens is 3. The van der Waals surface area contributed by atoms with E-state index in [0.717, 1.165) is 25.3 Å². The van der Waals surface area contributed by atoms with Gasteiger partial charge in [0.15, 0.2) is 0 Å². The predicted octanol–water partition coefficient (Wildman–Crippen LogP) is 2.50. The average Bonchev–Trinajstić information content (AvgIpc) is 2.94. The Hall–Kier alpha value is -1.76. The summed E-state index contributed by atoms with van der Waals surface area (Å²) in [6.07, 6.45) is -1.86. The van der Waals surface area contributed by atoms with Crippen LogP contribution in [0.5, 0.6) is 5.75 Å². The second-order valence-corrected chi connectivity index (χ2v) is 6.67. The smallest absolute Gasteiger partial charge is 0.416 e. The Bertz CT molecular complexity index is 632. The zero-order chi connectivity index (χ0) is 16.8. The maximum atomic E-state index is 12.8. The van der Waals surface area contributed by atoms with E-state index in [-0.39, 0.29) is 18.4 Å². The molecule has 1 aromatic carbocycles. The lowest BCUT2D eigenvalue weighted by atomic mass is 9.80. The second kappa shape index (κ2) is 5.40. The number of hydrogen-bond donors (Lipinski definition) is 2. The lowest BCUT2D eigenvalue weighted by molar-refractivity contribution is -0.137. The molecule has 126 valence electrons. The molecular weight excluding hydrogens is 309 g/mol. The molecule has 1 amide bonds. The molecule has 1 aliphatic carbocycles. The van der Waals surface area contributed by atoms with Gasteiger partial charge in [0, 0.05) is 19.6 Å². The Labute approximate surface area is 132 Å². The third-order valence-corrected chi connectivity index (χ3v) is 5.14. The summed E-state index contributed by atoms with van der Waals surface area (Å²) in [6.45, 7) is 1.40. The fraction of sp³-hybridized carbons (Fsp3) is 0.562. The van der Waals surface area contributed by atoms with E-state index in [1.165, 1.54) is 6.07 Å². The highest BCUT2D eigenvalue weighted by Crippen LogP contribution is 2.48. The Kier molecular flexibility index (Phi) is 3.78. The van der Waals surface area contributed by atoms with Gasteiger partial charge in [-0.25, -0.2) is 0 Å². The maximum Gasteiger partial charge on any atom is 0.416 e. The molecule has 1 saturated carbocycles. The van der Waals surface area contributed by atoms with Gasteiger partial charge in [0.25, 0.3) is 0 Å². The fourth-order valence-corrected chi connectivity index (χ4v) is 4.10. The summed E-state index contributed by atoms with van der Waals surface area (Å²) >= 11 is 0. The van der Waals surface area contributed by atoms with Gasteiger partial charge in [-0.05, 0) is 42.5 Å². The summed E-state index contributed by atoms with van der Waals surface area (Å²) in [4.78, 5) is 13.8. The molecule has 0 aromatic heterocycles. The number of primary amides is 1. The normalized spacial score (nSPS) is 28.0. The molecule has 23 heavy (non-hydrogen) atoms. The van der Waals surface area contributed by atoms with Crippen molar-refractivity contribution < 1.29 is 23.1 Å². The number of phenols is 1. The first-order valence-corrected chi connectivity index (χ1v) is 7.63. The van der Waals surface area contributed by atoms with E-state index in [4.69, 9.17) is 5.73 Å².